The smallest absolute Gasteiger partial charge is 0.407 e. The Balaban J connectivity index is 0.859. The van der Waals surface area contributed by atoms with Crippen molar-refractivity contribution in [1.82, 2.24) is 40.4 Å². The number of hydrogen-bond acceptors (Lipinski definition) is 9. The third kappa shape index (κ3) is 8.66. The molecule has 2 fully saturated rings. The molecule has 332 valence electrons. The number of alkyl carbamates (subject to hydrolysis) is 2. The van der Waals surface area contributed by atoms with Gasteiger partial charge in [0.1, 0.15) is 23.7 Å². The van der Waals surface area contributed by atoms with Gasteiger partial charge in [0.25, 0.3) is 17.7 Å². The van der Waals surface area contributed by atoms with E-state index < -0.39 is 24.3 Å². The molecule has 3 aliphatic rings. The first-order valence-electron chi connectivity index (χ1n) is 21.8. The highest BCUT2D eigenvalue weighted by Gasteiger charge is 2.39. The Bertz CT molecular complexity index is 2700. The minimum Gasteiger partial charge on any atom is -0.453 e. The van der Waals surface area contributed by atoms with Gasteiger partial charge in [-0.1, -0.05) is 78.9 Å². The summed E-state index contributed by atoms with van der Waals surface area (Å²) in [5.41, 5.74) is 6.99. The average molecular weight is 876 g/mol. The summed E-state index contributed by atoms with van der Waals surface area (Å²) in [6.45, 7) is 1.55. The Morgan fingerprint density at radius 1 is 0.646 bits per heavy atom. The third-order valence-corrected chi connectivity index (χ3v) is 12.5. The Hall–Kier alpha value is -7.75. The highest BCUT2D eigenvalue weighted by molar-refractivity contribution is 6.08. The molecule has 6 aromatic rings. The number of imidazole rings is 2. The molecule has 3 aliphatic heterocycles. The maximum Gasteiger partial charge on any atom is 0.407 e. The van der Waals surface area contributed by atoms with Gasteiger partial charge in [-0.3, -0.25) is 14.4 Å². The fraction of sp³-hybridized carbons (Fsp3) is 0.286. The molecule has 0 aliphatic carbocycles. The maximum absolute atomic E-state index is 14.0. The van der Waals surface area contributed by atoms with Crippen LogP contribution in [0.1, 0.15) is 88.5 Å². The monoisotopic (exact) mass is 875 g/mol. The molecular weight excluding hydrogens is 827 g/mol. The molecule has 0 unspecified atom stereocenters. The molecule has 5 heterocycles. The average Bonchev–Trinajstić information content (AvgIpc) is 4.20. The van der Waals surface area contributed by atoms with Crippen molar-refractivity contribution in [3.8, 4) is 22.5 Å². The number of H-pyrrole nitrogens is 2. The number of fused-ring (bicyclic) bond motifs is 1. The number of nitrogens with zero attached hydrogens (tertiary/aromatic N) is 5. The second-order valence-electron chi connectivity index (χ2n) is 16.3. The molecule has 0 radical (unpaired) electrons. The lowest BCUT2D eigenvalue weighted by atomic mass is 9.95. The van der Waals surface area contributed by atoms with Crippen LogP contribution in [0.5, 0.6) is 0 Å². The first-order valence-corrected chi connectivity index (χ1v) is 21.8. The van der Waals surface area contributed by atoms with Crippen LogP contribution >= 0.6 is 0 Å². The van der Waals surface area contributed by atoms with Crippen molar-refractivity contribution >= 4 is 35.6 Å². The highest BCUT2D eigenvalue weighted by Crippen LogP contribution is 2.37. The summed E-state index contributed by atoms with van der Waals surface area (Å²) in [4.78, 5) is 88.0. The molecule has 0 bridgehead atoms. The van der Waals surface area contributed by atoms with E-state index >= 15 is 0 Å². The molecule has 9 rings (SSSR count). The summed E-state index contributed by atoms with van der Waals surface area (Å²) >= 11 is 0. The standard InChI is InChI=1S/C49H49N9O7/c1-64-48(62)54-41(31-11-5-3-6-12-31)46(60)57-24-9-15-39(57)43-50-28-37(52-43)30-17-20-35(21-18-30)56-26-23-33-27-34(19-22-36(33)45(56)59)38-29-51-44(53-38)40-16-10-25-58(40)47(61)42(55-49(63)65-2)32-13-7-4-8-14-32/h3-8,11-14,17-22,27-29,39-42H,9-10,15-16,23-26H2,1-2H3,(H,50,52)(H,51,53)(H,54,62)(H,55,63)/t39-,40-,41+,42+/m0/s1. The summed E-state index contributed by atoms with van der Waals surface area (Å²) < 4.78 is 9.66. The van der Waals surface area contributed by atoms with Crippen molar-refractivity contribution in [2.75, 3.05) is 38.8 Å². The normalized spacial score (nSPS) is 17.9. The lowest BCUT2D eigenvalue weighted by Crippen LogP contribution is -2.42. The largest absolute Gasteiger partial charge is 0.453 e. The number of aromatic amines is 2. The molecule has 4 N–H and O–H groups in total. The van der Waals surface area contributed by atoms with Crippen molar-refractivity contribution in [3.05, 3.63) is 149 Å². The predicted octanol–water partition coefficient (Wildman–Crippen LogP) is 7.19. The number of methoxy groups -OCH3 is 2. The van der Waals surface area contributed by atoms with E-state index in [4.69, 9.17) is 14.5 Å². The highest BCUT2D eigenvalue weighted by atomic mass is 16.5. The third-order valence-electron chi connectivity index (χ3n) is 12.5. The number of anilines is 1. The topological polar surface area (TPSA) is 195 Å². The van der Waals surface area contributed by atoms with Crippen LogP contribution in [0.3, 0.4) is 0 Å². The lowest BCUT2D eigenvalue weighted by molar-refractivity contribution is -0.135. The van der Waals surface area contributed by atoms with Gasteiger partial charge >= 0.3 is 12.2 Å². The van der Waals surface area contributed by atoms with Gasteiger partial charge in [0, 0.05) is 30.9 Å². The second kappa shape index (κ2) is 18.5. The molecule has 4 atom stereocenters. The van der Waals surface area contributed by atoms with Gasteiger partial charge in [0.15, 0.2) is 0 Å². The first kappa shape index (κ1) is 42.5. The van der Waals surface area contributed by atoms with Gasteiger partial charge in [0.2, 0.25) is 0 Å². The summed E-state index contributed by atoms with van der Waals surface area (Å²) in [5, 5.41) is 5.41. The zero-order valence-electron chi connectivity index (χ0n) is 36.0. The molecule has 16 heteroatoms. The molecule has 4 aromatic carbocycles. The van der Waals surface area contributed by atoms with Crippen molar-refractivity contribution < 1.29 is 33.4 Å². The fourth-order valence-electron chi connectivity index (χ4n) is 9.21. The summed E-state index contributed by atoms with van der Waals surface area (Å²) in [6.07, 6.45) is 5.80. The molecule has 2 saturated heterocycles. The van der Waals surface area contributed by atoms with Crippen molar-refractivity contribution in [3.63, 3.8) is 0 Å². The van der Waals surface area contributed by atoms with Crippen molar-refractivity contribution in [2.24, 2.45) is 0 Å². The minimum atomic E-state index is -0.910. The summed E-state index contributed by atoms with van der Waals surface area (Å²) in [5.74, 6) is 0.747. The first-order chi connectivity index (χ1) is 31.7. The van der Waals surface area contributed by atoms with Crippen LogP contribution in [0.2, 0.25) is 0 Å². The number of amides is 5. The van der Waals surface area contributed by atoms with Crippen LogP contribution in [0, 0.1) is 0 Å². The second-order valence-corrected chi connectivity index (χ2v) is 16.3. The van der Waals surface area contributed by atoms with Crippen LogP contribution in [0.25, 0.3) is 22.5 Å². The quantitative estimate of drug-likeness (QED) is 0.104. The predicted molar refractivity (Wildman–Crippen MR) is 240 cm³/mol. The van der Waals surface area contributed by atoms with Gasteiger partial charge in [-0.25, -0.2) is 19.6 Å². The molecule has 0 saturated carbocycles. The van der Waals surface area contributed by atoms with E-state index in [0.29, 0.717) is 60.8 Å². The minimum absolute atomic E-state index is 0.0881. The number of rotatable bonds is 11. The SMILES string of the molecule is COC(=O)N[C@@H](C(=O)N1CCC[C@H]1c1ncc(-c2ccc(N3CCc4cc(-c5cnc([C@@H]6CCCN6C(=O)[C@H](NC(=O)OC)c6ccccc6)[nH]5)ccc4C3=O)cc2)[nH]1)c1ccccc1. The number of benzene rings is 4. The van der Waals surface area contributed by atoms with E-state index in [1.807, 2.05) is 78.9 Å². The van der Waals surface area contributed by atoms with Gasteiger partial charge in [-0.15, -0.1) is 0 Å². The molecular formula is C49H49N9O7. The van der Waals surface area contributed by atoms with E-state index in [0.717, 1.165) is 53.0 Å². The van der Waals surface area contributed by atoms with Gasteiger partial charge in [0.05, 0.1) is 50.1 Å². The number of nitrogens with one attached hydrogen (secondary N) is 4. The number of ether oxygens (including phenoxy) is 2. The van der Waals surface area contributed by atoms with Crippen LogP contribution in [0.15, 0.2) is 116 Å². The zero-order chi connectivity index (χ0) is 45.0. The Morgan fingerprint density at radius 2 is 1.14 bits per heavy atom. The summed E-state index contributed by atoms with van der Waals surface area (Å²) in [6, 6.07) is 29.4. The van der Waals surface area contributed by atoms with Gasteiger partial charge < -0.3 is 44.8 Å². The number of carbonyl (C=O) groups is 5. The van der Waals surface area contributed by atoms with Gasteiger partial charge in [-0.05, 0) is 84.2 Å². The number of hydrogen-bond donors (Lipinski definition) is 4. The zero-order valence-corrected chi connectivity index (χ0v) is 36.0. The Morgan fingerprint density at radius 3 is 1.65 bits per heavy atom. The van der Waals surface area contributed by atoms with Crippen LogP contribution in [-0.2, 0) is 25.5 Å². The Labute approximate surface area is 375 Å². The van der Waals surface area contributed by atoms with Crippen LogP contribution in [-0.4, -0.2) is 93.5 Å². The molecule has 65 heavy (non-hydrogen) atoms. The van der Waals surface area contributed by atoms with Crippen LogP contribution < -0.4 is 15.5 Å². The van der Waals surface area contributed by atoms with E-state index in [2.05, 4.69) is 25.6 Å². The number of carbonyl (C=O) groups excluding carboxylic acids is 5. The van der Waals surface area contributed by atoms with E-state index in [-0.39, 0.29) is 29.8 Å². The van der Waals surface area contributed by atoms with E-state index in [1.54, 1.807) is 51.4 Å². The molecule has 2 aromatic heterocycles. The summed E-state index contributed by atoms with van der Waals surface area (Å²) in [7, 11) is 2.54. The van der Waals surface area contributed by atoms with Gasteiger partial charge in [-0.2, -0.15) is 0 Å². The molecule has 5 amide bonds. The molecule has 16 nitrogen and oxygen atoms in total. The molecule has 0 spiro atoms. The van der Waals surface area contributed by atoms with E-state index in [1.165, 1.54) is 14.2 Å². The number of aromatic nitrogens is 4. The van der Waals surface area contributed by atoms with Crippen LogP contribution in [0.4, 0.5) is 15.3 Å². The van der Waals surface area contributed by atoms with Crippen molar-refractivity contribution in [1.29, 1.82) is 0 Å². The van der Waals surface area contributed by atoms with E-state index in [9.17, 15) is 24.0 Å². The van der Waals surface area contributed by atoms with Crippen molar-refractivity contribution in [2.45, 2.75) is 56.3 Å². The fourth-order valence-corrected chi connectivity index (χ4v) is 9.21. The lowest BCUT2D eigenvalue weighted by Gasteiger charge is -2.29. The number of likely N-dealkylation sites (tertiary alicyclic amines) is 2. The maximum atomic E-state index is 14.0. The Kier molecular flexibility index (Phi) is 12.1.